The van der Waals surface area contributed by atoms with Gasteiger partial charge >= 0.3 is 0 Å². The fourth-order valence-corrected chi connectivity index (χ4v) is 2.83. The first kappa shape index (κ1) is 15.8. The van der Waals surface area contributed by atoms with E-state index in [0.29, 0.717) is 6.54 Å². The van der Waals surface area contributed by atoms with Gasteiger partial charge in [-0.25, -0.2) is 0 Å². The maximum atomic E-state index is 12.5. The number of ether oxygens (including phenoxy) is 1. The summed E-state index contributed by atoms with van der Waals surface area (Å²) in [6.07, 6.45) is 3.74. The van der Waals surface area contributed by atoms with E-state index in [0.717, 1.165) is 49.2 Å². The van der Waals surface area contributed by atoms with E-state index in [2.05, 4.69) is 0 Å². The summed E-state index contributed by atoms with van der Waals surface area (Å²) in [5, 5.41) is 0. The molecule has 1 aromatic rings. The zero-order valence-corrected chi connectivity index (χ0v) is 13.1. The standard InChI is InChI=1S/C17H26N2O2/c1-13-7-6-8-15(9-10-18)16(13)21-14(2)17(20)19-11-4-3-5-12-19/h6-8,14H,3-5,9-12,18H2,1-2H3. The summed E-state index contributed by atoms with van der Waals surface area (Å²) in [6, 6.07) is 6.03. The van der Waals surface area contributed by atoms with Gasteiger partial charge in [0.1, 0.15) is 5.75 Å². The Morgan fingerprint density at radius 2 is 2.05 bits per heavy atom. The van der Waals surface area contributed by atoms with Gasteiger partial charge in [0.05, 0.1) is 0 Å². The highest BCUT2D eigenvalue weighted by atomic mass is 16.5. The molecule has 1 aliphatic heterocycles. The first-order chi connectivity index (χ1) is 10.1. The molecule has 0 aromatic heterocycles. The zero-order valence-electron chi connectivity index (χ0n) is 13.1. The van der Waals surface area contributed by atoms with Crippen molar-refractivity contribution in [3.8, 4) is 5.75 Å². The molecular formula is C17H26N2O2. The van der Waals surface area contributed by atoms with Gasteiger partial charge in [-0.15, -0.1) is 0 Å². The van der Waals surface area contributed by atoms with Crippen LogP contribution < -0.4 is 10.5 Å². The molecule has 0 bridgehead atoms. The van der Waals surface area contributed by atoms with Gasteiger partial charge in [-0.2, -0.15) is 0 Å². The van der Waals surface area contributed by atoms with Crippen molar-refractivity contribution in [1.82, 2.24) is 4.90 Å². The molecule has 1 saturated heterocycles. The third kappa shape index (κ3) is 3.97. The van der Waals surface area contributed by atoms with Crippen LogP contribution in [0.1, 0.15) is 37.3 Å². The predicted molar refractivity (Wildman–Crippen MR) is 84.5 cm³/mol. The second-order valence-electron chi connectivity index (χ2n) is 5.75. The Kier molecular flexibility index (Phi) is 5.62. The lowest BCUT2D eigenvalue weighted by Crippen LogP contribution is -2.43. The van der Waals surface area contributed by atoms with Crippen LogP contribution in [0.25, 0.3) is 0 Å². The second kappa shape index (κ2) is 7.46. The van der Waals surface area contributed by atoms with E-state index in [9.17, 15) is 4.79 Å². The van der Waals surface area contributed by atoms with E-state index in [1.165, 1.54) is 6.42 Å². The lowest BCUT2D eigenvalue weighted by atomic mass is 10.1. The summed E-state index contributed by atoms with van der Waals surface area (Å²) in [7, 11) is 0. The molecule has 1 aromatic carbocycles. The molecule has 1 unspecified atom stereocenters. The maximum Gasteiger partial charge on any atom is 0.263 e. The average Bonchev–Trinajstić information content (AvgIpc) is 2.51. The van der Waals surface area contributed by atoms with Crippen LogP contribution in [0.2, 0.25) is 0 Å². The summed E-state index contributed by atoms with van der Waals surface area (Å²) in [6.45, 7) is 6.14. The van der Waals surface area contributed by atoms with Crippen molar-refractivity contribution < 1.29 is 9.53 Å². The summed E-state index contributed by atoms with van der Waals surface area (Å²) in [4.78, 5) is 14.4. The van der Waals surface area contributed by atoms with Gasteiger partial charge < -0.3 is 15.4 Å². The quantitative estimate of drug-likeness (QED) is 0.905. The van der Waals surface area contributed by atoms with E-state index in [-0.39, 0.29) is 5.91 Å². The molecule has 4 heteroatoms. The zero-order chi connectivity index (χ0) is 15.2. The van der Waals surface area contributed by atoms with Gasteiger partial charge in [0, 0.05) is 13.1 Å². The maximum absolute atomic E-state index is 12.5. The summed E-state index contributed by atoms with van der Waals surface area (Å²) < 4.78 is 6.00. The van der Waals surface area contributed by atoms with Crippen LogP contribution in [0.3, 0.4) is 0 Å². The molecule has 21 heavy (non-hydrogen) atoms. The molecule has 4 nitrogen and oxygen atoms in total. The highest BCUT2D eigenvalue weighted by Gasteiger charge is 2.24. The van der Waals surface area contributed by atoms with Gasteiger partial charge in [0.25, 0.3) is 5.91 Å². The summed E-state index contributed by atoms with van der Waals surface area (Å²) in [5.41, 5.74) is 7.79. The molecule has 1 aliphatic rings. The van der Waals surface area contributed by atoms with Gasteiger partial charge in [0.15, 0.2) is 6.10 Å². The second-order valence-corrected chi connectivity index (χ2v) is 5.75. The Morgan fingerprint density at radius 1 is 1.33 bits per heavy atom. The molecule has 1 heterocycles. The fraction of sp³-hybridized carbons (Fsp3) is 0.588. The van der Waals surface area contributed by atoms with Crippen molar-refractivity contribution in [3.63, 3.8) is 0 Å². The Balaban J connectivity index is 2.07. The molecule has 1 amide bonds. The number of likely N-dealkylation sites (tertiary alicyclic amines) is 1. The Bertz CT molecular complexity index is 482. The van der Waals surface area contributed by atoms with Crippen LogP contribution in [0.4, 0.5) is 0 Å². The topological polar surface area (TPSA) is 55.6 Å². The number of aryl methyl sites for hydroxylation is 1. The van der Waals surface area contributed by atoms with Crippen LogP contribution in [-0.4, -0.2) is 36.5 Å². The molecule has 116 valence electrons. The SMILES string of the molecule is Cc1cccc(CCN)c1OC(C)C(=O)N1CCCCC1. The number of amides is 1. The fourth-order valence-electron chi connectivity index (χ4n) is 2.83. The van der Waals surface area contributed by atoms with Crippen molar-refractivity contribution in [3.05, 3.63) is 29.3 Å². The molecule has 1 fully saturated rings. The number of benzene rings is 1. The monoisotopic (exact) mass is 290 g/mol. The number of hydrogen-bond donors (Lipinski definition) is 1. The minimum absolute atomic E-state index is 0.0941. The van der Waals surface area contributed by atoms with Gasteiger partial charge in [-0.1, -0.05) is 18.2 Å². The van der Waals surface area contributed by atoms with Crippen LogP contribution in [0.5, 0.6) is 5.75 Å². The number of para-hydroxylation sites is 1. The van der Waals surface area contributed by atoms with E-state index in [4.69, 9.17) is 10.5 Å². The molecular weight excluding hydrogens is 264 g/mol. The minimum Gasteiger partial charge on any atom is -0.480 e. The third-order valence-electron chi connectivity index (χ3n) is 4.02. The number of nitrogens with zero attached hydrogens (tertiary/aromatic N) is 1. The number of rotatable bonds is 5. The van der Waals surface area contributed by atoms with Crippen molar-refractivity contribution in [2.24, 2.45) is 5.73 Å². The highest BCUT2D eigenvalue weighted by Crippen LogP contribution is 2.25. The Labute approximate surface area is 127 Å². The molecule has 2 N–H and O–H groups in total. The summed E-state index contributed by atoms with van der Waals surface area (Å²) in [5.74, 6) is 0.914. The lowest BCUT2D eigenvalue weighted by molar-refractivity contribution is -0.138. The molecule has 2 rings (SSSR count). The molecule has 0 aliphatic carbocycles. The van der Waals surface area contributed by atoms with E-state index >= 15 is 0 Å². The van der Waals surface area contributed by atoms with Crippen molar-refractivity contribution in [2.75, 3.05) is 19.6 Å². The van der Waals surface area contributed by atoms with E-state index in [1.54, 1.807) is 0 Å². The number of nitrogens with two attached hydrogens (primary N) is 1. The first-order valence-electron chi connectivity index (χ1n) is 7.87. The van der Waals surface area contributed by atoms with Gasteiger partial charge in [0.2, 0.25) is 0 Å². The van der Waals surface area contributed by atoms with Crippen molar-refractivity contribution in [1.29, 1.82) is 0 Å². The first-order valence-corrected chi connectivity index (χ1v) is 7.87. The van der Waals surface area contributed by atoms with Crippen LogP contribution >= 0.6 is 0 Å². The third-order valence-corrected chi connectivity index (χ3v) is 4.02. The summed E-state index contributed by atoms with van der Waals surface area (Å²) >= 11 is 0. The van der Waals surface area contributed by atoms with E-state index in [1.807, 2.05) is 36.9 Å². The van der Waals surface area contributed by atoms with E-state index < -0.39 is 6.10 Å². The smallest absolute Gasteiger partial charge is 0.263 e. The predicted octanol–water partition coefficient (Wildman–Crippen LogP) is 2.28. The largest absolute Gasteiger partial charge is 0.480 e. The van der Waals surface area contributed by atoms with Crippen LogP contribution in [0, 0.1) is 6.92 Å². The number of carbonyl (C=O) groups excluding carboxylic acids is 1. The molecule has 0 spiro atoms. The van der Waals surface area contributed by atoms with Gasteiger partial charge in [-0.05, 0) is 57.2 Å². The molecule has 0 saturated carbocycles. The van der Waals surface area contributed by atoms with Crippen LogP contribution in [-0.2, 0) is 11.2 Å². The van der Waals surface area contributed by atoms with Gasteiger partial charge in [-0.3, -0.25) is 4.79 Å². The van der Waals surface area contributed by atoms with Crippen LogP contribution in [0.15, 0.2) is 18.2 Å². The van der Waals surface area contributed by atoms with Crippen molar-refractivity contribution >= 4 is 5.91 Å². The number of hydrogen-bond acceptors (Lipinski definition) is 3. The molecule has 0 radical (unpaired) electrons. The number of piperidine rings is 1. The molecule has 1 atom stereocenters. The Morgan fingerprint density at radius 3 is 2.71 bits per heavy atom. The average molecular weight is 290 g/mol. The lowest BCUT2D eigenvalue weighted by Gasteiger charge is -2.29. The minimum atomic E-state index is -0.444. The Hall–Kier alpha value is -1.55. The normalized spacial score (nSPS) is 16.6. The number of carbonyl (C=O) groups is 1. The highest BCUT2D eigenvalue weighted by molar-refractivity contribution is 5.81. The van der Waals surface area contributed by atoms with Crippen molar-refractivity contribution in [2.45, 2.75) is 45.6 Å².